The van der Waals surface area contributed by atoms with E-state index >= 15 is 0 Å². The molecule has 6 atom stereocenters. The van der Waals surface area contributed by atoms with Gasteiger partial charge in [-0.2, -0.15) is 13.2 Å². The number of carbonyl (C=O) groups is 1. The van der Waals surface area contributed by atoms with Crippen LogP contribution < -0.4 is 4.74 Å². The van der Waals surface area contributed by atoms with Crippen LogP contribution in [-0.4, -0.2) is 52.8 Å². The summed E-state index contributed by atoms with van der Waals surface area (Å²) >= 11 is 0. The Morgan fingerprint density at radius 1 is 1.24 bits per heavy atom. The summed E-state index contributed by atoms with van der Waals surface area (Å²) in [5, 5.41) is 29.7. The van der Waals surface area contributed by atoms with E-state index in [0.29, 0.717) is 38.2 Å². The van der Waals surface area contributed by atoms with E-state index in [1.165, 1.54) is 12.1 Å². The van der Waals surface area contributed by atoms with Gasteiger partial charge in [-0.1, -0.05) is 6.07 Å². The van der Waals surface area contributed by atoms with Crippen LogP contribution >= 0.6 is 0 Å². The molecule has 3 N–H and O–H groups in total. The first kappa shape index (κ1) is 25.8. The third-order valence-corrected chi connectivity index (χ3v) is 6.89. The van der Waals surface area contributed by atoms with Crippen molar-refractivity contribution in [3.63, 3.8) is 0 Å². The molecule has 186 valence electrons. The molecule has 9 heteroatoms. The van der Waals surface area contributed by atoms with Gasteiger partial charge in [-0.15, -0.1) is 0 Å². The number of aliphatic hydroxyl groups is 2. The van der Waals surface area contributed by atoms with Crippen molar-refractivity contribution in [2.45, 2.75) is 75.9 Å². The lowest BCUT2D eigenvalue weighted by Crippen LogP contribution is -2.25. The molecule has 2 fully saturated rings. The fourth-order valence-electron chi connectivity index (χ4n) is 5.11. The first-order valence-electron chi connectivity index (χ1n) is 11.6. The summed E-state index contributed by atoms with van der Waals surface area (Å²) in [4.78, 5) is 10.7. The number of hydrogen-bond acceptors (Lipinski definition) is 5. The predicted octanol–water partition coefficient (Wildman–Crippen LogP) is 4.27. The summed E-state index contributed by atoms with van der Waals surface area (Å²) in [5.41, 5.74) is -0.802. The Bertz CT molecular complexity index is 771. The van der Waals surface area contributed by atoms with Gasteiger partial charge in [0.15, 0.2) is 0 Å². The van der Waals surface area contributed by atoms with E-state index in [1.54, 1.807) is 0 Å². The van der Waals surface area contributed by atoms with E-state index in [0.717, 1.165) is 31.4 Å². The van der Waals surface area contributed by atoms with Gasteiger partial charge in [-0.3, -0.25) is 4.79 Å². The minimum absolute atomic E-state index is 0.0176. The maximum Gasteiger partial charge on any atom is 0.416 e. The second-order valence-electron chi connectivity index (χ2n) is 9.30. The predicted molar refractivity (Wildman–Crippen MR) is 114 cm³/mol. The van der Waals surface area contributed by atoms with Crippen molar-refractivity contribution in [1.82, 2.24) is 0 Å². The number of carboxylic acid groups (broad SMARTS) is 1. The number of benzene rings is 1. The first-order valence-corrected chi connectivity index (χ1v) is 11.6. The van der Waals surface area contributed by atoms with Crippen molar-refractivity contribution in [3.05, 3.63) is 29.8 Å². The van der Waals surface area contributed by atoms with Crippen LogP contribution in [-0.2, 0) is 15.7 Å². The number of halogens is 3. The molecule has 0 unspecified atom stereocenters. The summed E-state index contributed by atoms with van der Waals surface area (Å²) in [6.07, 6.45) is -0.967. The van der Waals surface area contributed by atoms with Gasteiger partial charge in [-0.25, -0.2) is 0 Å². The minimum Gasteiger partial charge on any atom is -0.491 e. The summed E-state index contributed by atoms with van der Waals surface area (Å²) in [6, 6.07) is 4.56. The van der Waals surface area contributed by atoms with Crippen LogP contribution in [0.2, 0.25) is 0 Å². The highest BCUT2D eigenvalue weighted by Crippen LogP contribution is 2.43. The quantitative estimate of drug-likeness (QED) is 0.469. The van der Waals surface area contributed by atoms with Crippen LogP contribution in [0.25, 0.3) is 0 Å². The smallest absolute Gasteiger partial charge is 0.416 e. The third kappa shape index (κ3) is 7.58. The zero-order valence-corrected chi connectivity index (χ0v) is 18.5. The van der Waals surface area contributed by atoms with Crippen molar-refractivity contribution in [3.8, 4) is 5.75 Å². The van der Waals surface area contributed by atoms with Crippen LogP contribution in [0.5, 0.6) is 5.75 Å². The Morgan fingerprint density at radius 3 is 2.76 bits per heavy atom. The molecule has 1 saturated carbocycles. The minimum atomic E-state index is -4.46. The molecule has 1 saturated heterocycles. The number of alkyl halides is 3. The molecule has 0 bridgehead atoms. The third-order valence-electron chi connectivity index (χ3n) is 6.89. The largest absolute Gasteiger partial charge is 0.491 e. The molecule has 1 aromatic carbocycles. The van der Waals surface area contributed by atoms with Gasteiger partial charge in [0.05, 0.1) is 23.9 Å². The van der Waals surface area contributed by atoms with Crippen molar-refractivity contribution in [2.75, 3.05) is 13.2 Å². The van der Waals surface area contributed by atoms with E-state index in [2.05, 4.69) is 0 Å². The Kier molecular flexibility index (Phi) is 9.01. The van der Waals surface area contributed by atoms with E-state index in [-0.39, 0.29) is 36.7 Å². The van der Waals surface area contributed by atoms with Crippen LogP contribution in [0.3, 0.4) is 0 Å². The highest BCUT2D eigenvalue weighted by molar-refractivity contribution is 5.66. The highest BCUT2D eigenvalue weighted by atomic mass is 19.4. The Morgan fingerprint density at radius 2 is 2.03 bits per heavy atom. The van der Waals surface area contributed by atoms with Crippen LogP contribution in [0.15, 0.2) is 24.3 Å². The Labute approximate surface area is 191 Å². The molecular formula is C24H33F3O6. The van der Waals surface area contributed by atoms with Crippen molar-refractivity contribution in [1.29, 1.82) is 0 Å². The van der Waals surface area contributed by atoms with E-state index < -0.39 is 29.9 Å². The molecule has 0 radical (unpaired) electrons. The lowest BCUT2D eigenvalue weighted by molar-refractivity contribution is -0.138. The van der Waals surface area contributed by atoms with E-state index in [9.17, 15) is 28.2 Å². The maximum absolute atomic E-state index is 12.8. The van der Waals surface area contributed by atoms with Crippen molar-refractivity contribution in [2.24, 2.45) is 17.8 Å². The number of aliphatic hydroxyl groups excluding tert-OH is 2. The van der Waals surface area contributed by atoms with E-state index in [4.69, 9.17) is 14.6 Å². The van der Waals surface area contributed by atoms with Gasteiger partial charge >= 0.3 is 12.1 Å². The monoisotopic (exact) mass is 474 g/mol. The SMILES string of the molecule is O=C(O)CCC[C@H]1CC[C@@H]2[C@@H](CC[C@@H](O)COc3cccc(C(F)(F)F)c3)[C@H](O)C[C@H]2OC1. The molecule has 3 rings (SSSR count). The average Bonchev–Trinajstić information content (AvgIpc) is 2.91. The lowest BCUT2D eigenvalue weighted by atomic mass is 9.84. The number of hydrogen-bond donors (Lipinski definition) is 3. The van der Waals surface area contributed by atoms with Crippen molar-refractivity contribution < 1.29 is 42.8 Å². The molecule has 1 aliphatic heterocycles. The second kappa shape index (κ2) is 11.5. The molecule has 0 amide bonds. The molecular weight excluding hydrogens is 441 g/mol. The number of aliphatic carboxylic acids is 1. The van der Waals surface area contributed by atoms with Gasteiger partial charge in [0.25, 0.3) is 0 Å². The van der Waals surface area contributed by atoms with Gasteiger partial charge in [0.2, 0.25) is 0 Å². The van der Waals surface area contributed by atoms with Gasteiger partial charge < -0.3 is 24.8 Å². The number of carboxylic acids is 1. The van der Waals surface area contributed by atoms with Crippen LogP contribution in [0.1, 0.15) is 56.9 Å². The maximum atomic E-state index is 12.8. The van der Waals surface area contributed by atoms with Gasteiger partial charge in [0, 0.05) is 19.4 Å². The lowest BCUT2D eigenvalue weighted by Gasteiger charge is -2.24. The summed E-state index contributed by atoms with van der Waals surface area (Å²) in [5.74, 6) is -0.257. The van der Waals surface area contributed by atoms with Crippen molar-refractivity contribution >= 4 is 5.97 Å². The zero-order valence-electron chi connectivity index (χ0n) is 18.5. The second-order valence-corrected chi connectivity index (χ2v) is 9.30. The molecule has 0 spiro atoms. The number of ether oxygens (including phenoxy) is 2. The molecule has 1 heterocycles. The number of fused-ring (bicyclic) bond motifs is 1. The van der Waals surface area contributed by atoms with Crippen LogP contribution in [0, 0.1) is 17.8 Å². The standard InChI is InChI=1S/C24H33F3O6/c25-24(26,27)16-4-2-5-18(11-16)32-14-17(28)8-10-19-20-9-7-15(3-1-6-23(30)31)13-33-22(20)12-21(19)29/h2,4-5,11,15,17,19-22,28-29H,1,3,6-10,12-14H2,(H,30,31)/t15-,17+,19+,20+,21+,22+/m0/s1. The average molecular weight is 475 g/mol. The molecule has 6 nitrogen and oxygen atoms in total. The molecule has 2 aliphatic rings. The van der Waals surface area contributed by atoms with Gasteiger partial charge in [0.1, 0.15) is 12.4 Å². The fourth-order valence-corrected chi connectivity index (χ4v) is 5.11. The molecule has 33 heavy (non-hydrogen) atoms. The summed E-state index contributed by atoms with van der Waals surface area (Å²) in [6.45, 7) is 0.452. The number of rotatable bonds is 10. The van der Waals surface area contributed by atoms with Gasteiger partial charge in [-0.05, 0) is 74.5 Å². The molecule has 1 aromatic rings. The normalized spacial score (nSPS) is 28.7. The Balaban J connectivity index is 1.45. The first-order chi connectivity index (χ1) is 15.6. The fraction of sp³-hybridized carbons (Fsp3) is 0.708. The molecule has 1 aliphatic carbocycles. The zero-order chi connectivity index (χ0) is 24.0. The van der Waals surface area contributed by atoms with Crippen LogP contribution in [0.4, 0.5) is 13.2 Å². The van der Waals surface area contributed by atoms with E-state index in [1.807, 2.05) is 0 Å². The summed E-state index contributed by atoms with van der Waals surface area (Å²) < 4.78 is 49.9. The highest BCUT2D eigenvalue weighted by Gasteiger charge is 2.44. The topological polar surface area (TPSA) is 96.2 Å². The Hall–Kier alpha value is -1.84. The summed E-state index contributed by atoms with van der Waals surface area (Å²) in [7, 11) is 0. The molecule has 0 aromatic heterocycles.